The molecular weight excluding hydrogens is 288 g/mol. The van der Waals surface area contributed by atoms with Crippen molar-refractivity contribution in [1.82, 2.24) is 9.55 Å². The van der Waals surface area contributed by atoms with Gasteiger partial charge in [-0.3, -0.25) is 9.36 Å². The van der Waals surface area contributed by atoms with Crippen molar-refractivity contribution in [1.29, 1.82) is 0 Å². The van der Waals surface area contributed by atoms with E-state index in [1.807, 2.05) is 30.3 Å². The highest BCUT2D eigenvalue weighted by molar-refractivity contribution is 5.25. The molecule has 1 aromatic carbocycles. The monoisotopic (exact) mass is 311 g/mol. The van der Waals surface area contributed by atoms with Gasteiger partial charge in [0, 0.05) is 11.6 Å². The van der Waals surface area contributed by atoms with Crippen LogP contribution in [0.25, 0.3) is 0 Å². The minimum atomic E-state index is -0.0671. The fourth-order valence-electron chi connectivity index (χ4n) is 3.50. The average molecular weight is 311 g/mol. The Morgan fingerprint density at radius 3 is 2.39 bits per heavy atom. The van der Waals surface area contributed by atoms with Gasteiger partial charge in [0.1, 0.15) is 0 Å². The van der Waals surface area contributed by atoms with Crippen LogP contribution >= 0.6 is 0 Å². The highest BCUT2D eigenvalue weighted by Crippen LogP contribution is 2.30. The molecule has 0 unspecified atom stereocenters. The van der Waals surface area contributed by atoms with Crippen LogP contribution in [0.1, 0.15) is 55.8 Å². The Balaban J connectivity index is 0.000000220. The van der Waals surface area contributed by atoms with E-state index >= 15 is 0 Å². The standard InChI is InChI=1S/C13H18N2O2.C6H5/c16-12-10-7-4-8-11(10)14-13(17)15(12)9-5-2-1-3-6-9;1-2-4-6-5-3-1/h9H,1-8H2,(H,14,17);1-5H. The van der Waals surface area contributed by atoms with Crippen molar-refractivity contribution in [3.05, 3.63) is 58.0 Å². The molecular formula is C19H23N2O2. The number of nitrogens with zero attached hydrogens (tertiary/aromatic N) is 2. The summed E-state index contributed by atoms with van der Waals surface area (Å²) in [4.78, 5) is 16.6. The molecule has 2 aliphatic carbocycles. The first-order valence-electron chi connectivity index (χ1n) is 8.51. The lowest BCUT2D eigenvalue weighted by molar-refractivity contribution is 0.292. The van der Waals surface area contributed by atoms with Crippen LogP contribution in [0.3, 0.4) is 0 Å². The van der Waals surface area contributed by atoms with Crippen LogP contribution in [0.5, 0.6) is 6.01 Å². The minimum Gasteiger partial charge on any atom is -0.480 e. The van der Waals surface area contributed by atoms with E-state index in [4.69, 9.17) is 0 Å². The van der Waals surface area contributed by atoms with Gasteiger partial charge in [-0.15, -0.1) is 0 Å². The van der Waals surface area contributed by atoms with E-state index < -0.39 is 0 Å². The van der Waals surface area contributed by atoms with Crippen molar-refractivity contribution < 1.29 is 5.11 Å². The summed E-state index contributed by atoms with van der Waals surface area (Å²) in [6.45, 7) is 0. The Hall–Kier alpha value is -2.10. The van der Waals surface area contributed by atoms with Gasteiger partial charge in [0.2, 0.25) is 0 Å². The van der Waals surface area contributed by atoms with Crippen molar-refractivity contribution in [2.24, 2.45) is 0 Å². The highest BCUT2D eigenvalue weighted by Gasteiger charge is 2.25. The zero-order chi connectivity index (χ0) is 16.1. The fraction of sp³-hybridized carbons (Fsp3) is 0.474. The van der Waals surface area contributed by atoms with E-state index in [0.717, 1.165) is 56.2 Å². The lowest BCUT2D eigenvalue weighted by atomic mass is 9.95. The summed E-state index contributed by atoms with van der Waals surface area (Å²) in [5, 5.41) is 9.96. The zero-order valence-corrected chi connectivity index (χ0v) is 13.4. The molecule has 0 amide bonds. The van der Waals surface area contributed by atoms with E-state index in [9.17, 15) is 9.90 Å². The molecule has 0 saturated heterocycles. The first kappa shape index (κ1) is 15.8. The smallest absolute Gasteiger partial charge is 0.297 e. The lowest BCUT2D eigenvalue weighted by Crippen LogP contribution is -2.29. The number of aryl methyl sites for hydroxylation is 1. The number of fused-ring (bicyclic) bond motifs is 1. The maximum absolute atomic E-state index is 12.3. The van der Waals surface area contributed by atoms with Gasteiger partial charge >= 0.3 is 0 Å². The van der Waals surface area contributed by atoms with Gasteiger partial charge in [-0.2, -0.15) is 0 Å². The number of aromatic nitrogens is 2. The summed E-state index contributed by atoms with van der Waals surface area (Å²) in [6, 6.07) is 12.6. The van der Waals surface area contributed by atoms with Crippen LogP contribution in [0.2, 0.25) is 0 Å². The summed E-state index contributed by atoms with van der Waals surface area (Å²) in [6.07, 6.45) is 8.18. The molecule has 1 radical (unpaired) electrons. The normalized spacial score (nSPS) is 17.2. The van der Waals surface area contributed by atoms with Crippen molar-refractivity contribution in [3.8, 4) is 6.01 Å². The fourth-order valence-corrected chi connectivity index (χ4v) is 3.50. The summed E-state index contributed by atoms with van der Waals surface area (Å²) < 4.78 is 1.54. The van der Waals surface area contributed by atoms with Gasteiger partial charge in [-0.1, -0.05) is 49.6 Å². The topological polar surface area (TPSA) is 55.1 Å². The Labute approximate surface area is 136 Å². The predicted molar refractivity (Wildman–Crippen MR) is 89.6 cm³/mol. The summed E-state index contributed by atoms with van der Waals surface area (Å²) in [5.74, 6) is 0. The summed E-state index contributed by atoms with van der Waals surface area (Å²) in [7, 11) is 0. The van der Waals surface area contributed by atoms with E-state index in [2.05, 4.69) is 11.1 Å². The van der Waals surface area contributed by atoms with Crippen LogP contribution < -0.4 is 5.56 Å². The number of hydrogen-bond acceptors (Lipinski definition) is 3. The molecule has 0 atom stereocenters. The Kier molecular flexibility index (Phi) is 5.11. The first-order valence-corrected chi connectivity index (χ1v) is 8.51. The molecule has 1 N–H and O–H groups in total. The van der Waals surface area contributed by atoms with E-state index in [-0.39, 0.29) is 17.6 Å². The lowest BCUT2D eigenvalue weighted by Gasteiger charge is -2.24. The molecule has 0 aliphatic heterocycles. The highest BCUT2D eigenvalue weighted by atomic mass is 16.3. The predicted octanol–water partition coefficient (Wildman–Crippen LogP) is 3.43. The molecule has 0 spiro atoms. The second kappa shape index (κ2) is 7.44. The van der Waals surface area contributed by atoms with E-state index in [1.165, 1.54) is 6.42 Å². The Bertz CT molecular complexity index is 662. The molecule has 2 aliphatic rings. The SMILES string of the molecule is O=c1c2c(nc(O)n1C1CCCCC1)CCC2.[c]1ccccc1. The number of aromatic hydroxyl groups is 1. The maximum Gasteiger partial charge on any atom is 0.297 e. The molecule has 1 aromatic heterocycles. The van der Waals surface area contributed by atoms with Gasteiger partial charge in [0.15, 0.2) is 0 Å². The van der Waals surface area contributed by atoms with Gasteiger partial charge in [-0.25, -0.2) is 4.98 Å². The Morgan fingerprint density at radius 2 is 1.78 bits per heavy atom. The van der Waals surface area contributed by atoms with Crippen LogP contribution in [-0.4, -0.2) is 14.7 Å². The third-order valence-electron chi connectivity index (χ3n) is 4.66. The average Bonchev–Trinajstić information content (AvgIpc) is 3.07. The summed E-state index contributed by atoms with van der Waals surface area (Å²) in [5.41, 5.74) is 1.67. The van der Waals surface area contributed by atoms with Crippen LogP contribution in [0.4, 0.5) is 0 Å². The van der Waals surface area contributed by atoms with Crippen molar-refractivity contribution in [3.63, 3.8) is 0 Å². The van der Waals surface area contributed by atoms with Crippen molar-refractivity contribution in [2.75, 3.05) is 0 Å². The quantitative estimate of drug-likeness (QED) is 0.878. The van der Waals surface area contributed by atoms with Gasteiger partial charge in [-0.05, 0) is 38.2 Å². The summed E-state index contributed by atoms with van der Waals surface area (Å²) >= 11 is 0. The number of hydrogen-bond donors (Lipinski definition) is 1. The second-order valence-corrected chi connectivity index (χ2v) is 6.23. The molecule has 1 heterocycles. The molecule has 0 bridgehead atoms. The van der Waals surface area contributed by atoms with Gasteiger partial charge in [0.05, 0.1) is 5.69 Å². The molecule has 121 valence electrons. The van der Waals surface area contributed by atoms with Crippen LogP contribution in [-0.2, 0) is 12.8 Å². The molecule has 4 nitrogen and oxygen atoms in total. The van der Waals surface area contributed by atoms with Crippen molar-refractivity contribution >= 4 is 0 Å². The van der Waals surface area contributed by atoms with Crippen molar-refractivity contribution in [2.45, 2.75) is 57.4 Å². The Morgan fingerprint density at radius 1 is 1.04 bits per heavy atom. The first-order chi connectivity index (χ1) is 11.3. The molecule has 4 heteroatoms. The zero-order valence-electron chi connectivity index (χ0n) is 13.4. The maximum atomic E-state index is 12.3. The molecule has 2 aromatic rings. The number of rotatable bonds is 1. The molecule has 1 fully saturated rings. The second-order valence-electron chi connectivity index (χ2n) is 6.23. The van der Waals surface area contributed by atoms with E-state index in [1.54, 1.807) is 4.57 Å². The third kappa shape index (κ3) is 3.63. The van der Waals surface area contributed by atoms with Crippen LogP contribution in [0.15, 0.2) is 35.1 Å². The third-order valence-corrected chi connectivity index (χ3v) is 4.66. The molecule has 23 heavy (non-hydrogen) atoms. The molecule has 1 saturated carbocycles. The minimum absolute atomic E-state index is 0.0110. The van der Waals surface area contributed by atoms with Gasteiger partial charge < -0.3 is 5.11 Å². The van der Waals surface area contributed by atoms with Gasteiger partial charge in [0.25, 0.3) is 11.6 Å². The van der Waals surface area contributed by atoms with E-state index in [0.29, 0.717) is 0 Å². The van der Waals surface area contributed by atoms with Crippen LogP contribution in [0, 0.1) is 6.07 Å². The largest absolute Gasteiger partial charge is 0.480 e. The number of benzene rings is 1. The molecule has 4 rings (SSSR count).